The lowest BCUT2D eigenvalue weighted by Gasteiger charge is -2.01. The Balaban J connectivity index is 2.43. The van der Waals surface area contributed by atoms with Crippen LogP contribution in [0.15, 0.2) is 24.3 Å². The molecular formula is C10H13O3S. The molecule has 0 aliphatic rings. The van der Waals surface area contributed by atoms with Crippen LogP contribution in [0.2, 0.25) is 0 Å². The van der Waals surface area contributed by atoms with Crippen molar-refractivity contribution in [3.63, 3.8) is 0 Å². The third-order valence-corrected chi connectivity index (χ3v) is 2.24. The largest absolute Gasteiger partial charge is 0.270 e. The minimum absolute atomic E-state index is 0.0852. The van der Waals surface area contributed by atoms with E-state index in [4.69, 9.17) is 0 Å². The molecule has 0 saturated heterocycles. The molecule has 0 spiro atoms. The fourth-order valence-electron chi connectivity index (χ4n) is 0.956. The van der Waals surface area contributed by atoms with Crippen molar-refractivity contribution < 1.29 is 12.6 Å². The van der Waals surface area contributed by atoms with Gasteiger partial charge < -0.3 is 0 Å². The van der Waals surface area contributed by atoms with Crippen molar-refractivity contribution in [2.45, 2.75) is 6.92 Å². The molecule has 3 nitrogen and oxygen atoms in total. The zero-order valence-electron chi connectivity index (χ0n) is 8.23. The first kappa shape index (κ1) is 11.2. The standard InChI is InChI=1S/C10H13O3S/c1-9-3-5-10(6-4-9)7-8-13-14(2,11)12/h3-7H,8H2,1-2H3. The summed E-state index contributed by atoms with van der Waals surface area (Å²) in [6, 6.07) is 7.76. The molecular weight excluding hydrogens is 200 g/mol. The van der Waals surface area contributed by atoms with E-state index in [1.165, 1.54) is 5.56 Å². The predicted molar refractivity (Wildman–Crippen MR) is 55.4 cm³/mol. The van der Waals surface area contributed by atoms with E-state index in [9.17, 15) is 8.42 Å². The SMILES string of the molecule is Cc1ccc([CH]COS(C)(=O)=O)cc1. The van der Waals surface area contributed by atoms with Crippen LogP contribution in [-0.2, 0) is 14.3 Å². The van der Waals surface area contributed by atoms with Gasteiger partial charge in [0, 0.05) is 6.42 Å². The molecule has 0 atom stereocenters. The van der Waals surface area contributed by atoms with Crippen molar-refractivity contribution in [2.75, 3.05) is 12.9 Å². The Bertz CT molecular complexity index is 378. The molecule has 0 N–H and O–H groups in total. The van der Waals surface area contributed by atoms with Gasteiger partial charge in [-0.25, -0.2) is 0 Å². The topological polar surface area (TPSA) is 43.4 Å². The van der Waals surface area contributed by atoms with Crippen molar-refractivity contribution >= 4 is 10.1 Å². The number of rotatable bonds is 4. The molecule has 0 aliphatic carbocycles. The average molecular weight is 213 g/mol. The van der Waals surface area contributed by atoms with E-state index in [0.29, 0.717) is 0 Å². The van der Waals surface area contributed by atoms with Gasteiger partial charge in [0.25, 0.3) is 10.1 Å². The Labute approximate surface area is 84.8 Å². The first-order valence-corrected chi connectivity index (χ1v) is 6.03. The molecule has 0 amide bonds. The van der Waals surface area contributed by atoms with Gasteiger partial charge in [0.2, 0.25) is 0 Å². The lowest BCUT2D eigenvalue weighted by Crippen LogP contribution is -2.04. The van der Waals surface area contributed by atoms with Gasteiger partial charge in [0.15, 0.2) is 0 Å². The third-order valence-electron chi connectivity index (χ3n) is 1.68. The van der Waals surface area contributed by atoms with Gasteiger partial charge in [-0.2, -0.15) is 8.42 Å². The van der Waals surface area contributed by atoms with Crippen molar-refractivity contribution in [1.82, 2.24) is 0 Å². The van der Waals surface area contributed by atoms with Crippen LogP contribution in [0.25, 0.3) is 0 Å². The summed E-state index contributed by atoms with van der Waals surface area (Å²) in [5.74, 6) is 0. The molecule has 0 fully saturated rings. The highest BCUT2D eigenvalue weighted by atomic mass is 32.2. The Morgan fingerprint density at radius 2 is 1.86 bits per heavy atom. The maximum Gasteiger partial charge on any atom is 0.264 e. The van der Waals surface area contributed by atoms with Crippen LogP contribution < -0.4 is 0 Å². The highest BCUT2D eigenvalue weighted by Gasteiger charge is 2.01. The molecule has 0 heterocycles. The second kappa shape index (κ2) is 4.57. The monoisotopic (exact) mass is 213 g/mol. The van der Waals surface area contributed by atoms with Crippen LogP contribution in [0.5, 0.6) is 0 Å². The Hall–Kier alpha value is -0.870. The van der Waals surface area contributed by atoms with Crippen molar-refractivity contribution in [3.05, 3.63) is 41.8 Å². The first-order chi connectivity index (χ1) is 6.47. The molecule has 0 aromatic heterocycles. The Morgan fingerprint density at radius 1 is 1.29 bits per heavy atom. The summed E-state index contributed by atoms with van der Waals surface area (Å²) in [5.41, 5.74) is 2.13. The van der Waals surface area contributed by atoms with E-state index in [1.807, 2.05) is 31.2 Å². The van der Waals surface area contributed by atoms with Gasteiger partial charge in [-0.15, -0.1) is 0 Å². The van der Waals surface area contributed by atoms with Gasteiger partial charge in [-0.1, -0.05) is 29.8 Å². The molecule has 1 rings (SSSR count). The molecule has 1 aromatic rings. The summed E-state index contributed by atoms with van der Waals surface area (Å²) >= 11 is 0. The second-order valence-corrected chi connectivity index (χ2v) is 4.75. The van der Waals surface area contributed by atoms with Crippen molar-refractivity contribution in [2.24, 2.45) is 0 Å². The zero-order valence-corrected chi connectivity index (χ0v) is 9.04. The summed E-state index contributed by atoms with van der Waals surface area (Å²) in [6.45, 7) is 2.08. The van der Waals surface area contributed by atoms with E-state index in [0.717, 1.165) is 11.8 Å². The molecule has 0 bridgehead atoms. The Morgan fingerprint density at radius 3 is 2.36 bits per heavy atom. The zero-order chi connectivity index (χ0) is 10.6. The van der Waals surface area contributed by atoms with E-state index >= 15 is 0 Å². The maximum atomic E-state index is 10.6. The first-order valence-electron chi connectivity index (χ1n) is 4.22. The lowest BCUT2D eigenvalue weighted by molar-refractivity contribution is 0.352. The Kier molecular flexibility index (Phi) is 3.66. The highest BCUT2D eigenvalue weighted by Crippen LogP contribution is 2.06. The van der Waals surface area contributed by atoms with Gasteiger partial charge in [-0.05, 0) is 12.5 Å². The minimum atomic E-state index is -3.33. The number of hydrogen-bond acceptors (Lipinski definition) is 3. The van der Waals surface area contributed by atoms with E-state index in [-0.39, 0.29) is 6.61 Å². The normalized spacial score (nSPS) is 11.6. The molecule has 4 heteroatoms. The van der Waals surface area contributed by atoms with Gasteiger partial charge in [-0.3, -0.25) is 4.18 Å². The molecule has 1 radical (unpaired) electrons. The van der Waals surface area contributed by atoms with Crippen molar-refractivity contribution in [3.8, 4) is 0 Å². The van der Waals surface area contributed by atoms with Crippen LogP contribution in [0.4, 0.5) is 0 Å². The van der Waals surface area contributed by atoms with Crippen LogP contribution in [0, 0.1) is 13.3 Å². The molecule has 0 saturated carbocycles. The van der Waals surface area contributed by atoms with E-state index < -0.39 is 10.1 Å². The fraction of sp³-hybridized carbons (Fsp3) is 0.300. The molecule has 0 aliphatic heterocycles. The third kappa shape index (κ3) is 4.39. The number of benzene rings is 1. The summed E-state index contributed by atoms with van der Waals surface area (Å²) in [7, 11) is -3.33. The number of aryl methyl sites for hydroxylation is 1. The number of hydrogen-bond donors (Lipinski definition) is 0. The van der Waals surface area contributed by atoms with E-state index in [1.54, 1.807) is 6.42 Å². The molecule has 1 aromatic carbocycles. The molecule has 14 heavy (non-hydrogen) atoms. The fourth-order valence-corrected chi connectivity index (χ4v) is 1.27. The van der Waals surface area contributed by atoms with Gasteiger partial charge >= 0.3 is 0 Å². The van der Waals surface area contributed by atoms with Crippen LogP contribution in [0.1, 0.15) is 11.1 Å². The average Bonchev–Trinajstić information content (AvgIpc) is 2.06. The smallest absolute Gasteiger partial charge is 0.264 e. The minimum Gasteiger partial charge on any atom is -0.270 e. The molecule has 0 unspecified atom stereocenters. The van der Waals surface area contributed by atoms with Crippen LogP contribution in [-0.4, -0.2) is 21.3 Å². The summed E-state index contributed by atoms with van der Waals surface area (Å²) in [6.07, 6.45) is 2.76. The maximum absolute atomic E-state index is 10.6. The van der Waals surface area contributed by atoms with E-state index in [2.05, 4.69) is 4.18 Å². The second-order valence-electron chi connectivity index (χ2n) is 3.10. The lowest BCUT2D eigenvalue weighted by atomic mass is 10.1. The van der Waals surface area contributed by atoms with Crippen LogP contribution in [0.3, 0.4) is 0 Å². The summed E-state index contributed by atoms with van der Waals surface area (Å²) < 4.78 is 25.8. The quantitative estimate of drug-likeness (QED) is 0.712. The van der Waals surface area contributed by atoms with Gasteiger partial charge in [0.05, 0.1) is 12.9 Å². The summed E-state index contributed by atoms with van der Waals surface area (Å²) in [4.78, 5) is 0. The van der Waals surface area contributed by atoms with Gasteiger partial charge in [0.1, 0.15) is 0 Å². The molecule has 77 valence electrons. The van der Waals surface area contributed by atoms with Crippen molar-refractivity contribution in [1.29, 1.82) is 0 Å². The summed E-state index contributed by atoms with van der Waals surface area (Å²) in [5, 5.41) is 0. The highest BCUT2D eigenvalue weighted by molar-refractivity contribution is 7.85. The predicted octanol–water partition coefficient (Wildman–Crippen LogP) is 1.52. The van der Waals surface area contributed by atoms with Crippen LogP contribution >= 0.6 is 0 Å².